The highest BCUT2D eigenvalue weighted by Crippen LogP contribution is 2.32. The summed E-state index contributed by atoms with van der Waals surface area (Å²) in [6.45, 7) is 0.333. The lowest BCUT2D eigenvalue weighted by molar-refractivity contribution is 0.0313. The van der Waals surface area contributed by atoms with Crippen LogP contribution in [0.25, 0.3) is 0 Å². The summed E-state index contributed by atoms with van der Waals surface area (Å²) in [4.78, 5) is 0. The van der Waals surface area contributed by atoms with Crippen molar-refractivity contribution < 1.29 is 22.6 Å². The highest BCUT2D eigenvalue weighted by molar-refractivity contribution is 5.44. The fourth-order valence-corrected chi connectivity index (χ4v) is 1.54. The van der Waals surface area contributed by atoms with E-state index in [4.69, 9.17) is 9.47 Å². The molecule has 2 rings (SSSR count). The van der Waals surface area contributed by atoms with Gasteiger partial charge >= 0.3 is 0 Å². The van der Waals surface area contributed by atoms with E-state index in [1.165, 1.54) is 0 Å². The Labute approximate surface area is 96.5 Å². The van der Waals surface area contributed by atoms with Gasteiger partial charge in [-0.25, -0.2) is 13.2 Å². The zero-order valence-electron chi connectivity index (χ0n) is 8.96. The maximum absolute atomic E-state index is 12.5. The molecule has 0 fully saturated rings. The van der Waals surface area contributed by atoms with Gasteiger partial charge in [-0.15, -0.1) is 0 Å². The Hall–Kier alpha value is -1.43. The Balaban J connectivity index is 1.83. The van der Waals surface area contributed by atoms with Crippen molar-refractivity contribution in [3.8, 4) is 11.5 Å². The van der Waals surface area contributed by atoms with Crippen LogP contribution in [0.2, 0.25) is 0 Å². The molecule has 1 N–H and O–H groups in total. The molecule has 0 aliphatic carbocycles. The van der Waals surface area contributed by atoms with Crippen LogP contribution in [-0.4, -0.2) is 26.1 Å². The molecular weight excluding hydrogens is 235 g/mol. The zero-order valence-corrected chi connectivity index (χ0v) is 8.96. The highest BCUT2D eigenvalue weighted by Gasteiger charge is 2.18. The first-order valence-electron chi connectivity index (χ1n) is 5.21. The monoisotopic (exact) mass is 247 g/mol. The third-order valence-electron chi connectivity index (χ3n) is 2.41. The number of hydrogen-bond acceptors (Lipinski definition) is 3. The minimum absolute atomic E-state index is 0.144. The van der Waals surface area contributed by atoms with E-state index in [1.54, 1.807) is 18.2 Å². The summed E-state index contributed by atoms with van der Waals surface area (Å²) in [6.07, 6.45) is -4.82. The SMILES string of the molecule is FC(F)C(F)NCCc1ccc2c(c1)OCO2. The molecule has 1 aromatic rings. The fraction of sp³-hybridized carbons (Fsp3) is 0.455. The molecule has 6 heteroatoms. The van der Waals surface area contributed by atoms with Crippen LogP contribution < -0.4 is 14.8 Å². The summed E-state index contributed by atoms with van der Waals surface area (Å²) < 4.78 is 46.6. The zero-order chi connectivity index (χ0) is 12.3. The average Bonchev–Trinajstić information content (AvgIpc) is 2.75. The van der Waals surface area contributed by atoms with Gasteiger partial charge in [0.1, 0.15) is 0 Å². The Morgan fingerprint density at radius 2 is 1.94 bits per heavy atom. The largest absolute Gasteiger partial charge is 0.454 e. The molecule has 0 spiro atoms. The van der Waals surface area contributed by atoms with Crippen molar-refractivity contribution >= 4 is 0 Å². The first-order valence-corrected chi connectivity index (χ1v) is 5.21. The fourth-order valence-electron chi connectivity index (χ4n) is 1.54. The molecule has 3 nitrogen and oxygen atoms in total. The summed E-state index contributed by atoms with van der Waals surface area (Å²) in [7, 11) is 0. The first-order chi connectivity index (χ1) is 8.16. The molecule has 17 heavy (non-hydrogen) atoms. The molecule has 1 unspecified atom stereocenters. The van der Waals surface area contributed by atoms with E-state index in [0.29, 0.717) is 17.9 Å². The maximum Gasteiger partial charge on any atom is 0.282 e. The Morgan fingerprint density at radius 1 is 1.18 bits per heavy atom. The number of nitrogens with one attached hydrogen (secondary N) is 1. The summed E-state index contributed by atoms with van der Waals surface area (Å²) >= 11 is 0. The van der Waals surface area contributed by atoms with E-state index in [0.717, 1.165) is 5.56 Å². The first kappa shape index (κ1) is 12.0. The number of benzene rings is 1. The van der Waals surface area contributed by atoms with E-state index in [-0.39, 0.29) is 13.3 Å². The van der Waals surface area contributed by atoms with Crippen LogP contribution in [0.4, 0.5) is 13.2 Å². The van der Waals surface area contributed by atoms with Crippen molar-refractivity contribution in [3.05, 3.63) is 23.8 Å². The summed E-state index contributed by atoms with van der Waals surface area (Å²) in [5.74, 6) is 1.30. The lowest BCUT2D eigenvalue weighted by atomic mass is 10.1. The second-order valence-electron chi connectivity index (χ2n) is 3.63. The van der Waals surface area contributed by atoms with Gasteiger partial charge in [-0.1, -0.05) is 6.07 Å². The predicted molar refractivity (Wildman–Crippen MR) is 55.2 cm³/mol. The average molecular weight is 247 g/mol. The molecule has 94 valence electrons. The number of ether oxygens (including phenoxy) is 2. The van der Waals surface area contributed by atoms with Crippen molar-refractivity contribution in [1.82, 2.24) is 5.32 Å². The topological polar surface area (TPSA) is 30.5 Å². The van der Waals surface area contributed by atoms with Gasteiger partial charge < -0.3 is 9.47 Å². The van der Waals surface area contributed by atoms with E-state index >= 15 is 0 Å². The van der Waals surface area contributed by atoms with Gasteiger partial charge in [0.25, 0.3) is 6.43 Å². The van der Waals surface area contributed by atoms with Crippen LogP contribution in [0.3, 0.4) is 0 Å². The minimum atomic E-state index is -2.99. The van der Waals surface area contributed by atoms with Crippen LogP contribution in [0.5, 0.6) is 11.5 Å². The van der Waals surface area contributed by atoms with Gasteiger partial charge in [-0.2, -0.15) is 0 Å². The van der Waals surface area contributed by atoms with Crippen molar-refractivity contribution in [2.75, 3.05) is 13.3 Å². The van der Waals surface area contributed by atoms with Crippen molar-refractivity contribution in [2.45, 2.75) is 19.1 Å². The maximum atomic E-state index is 12.5. The van der Waals surface area contributed by atoms with E-state index < -0.39 is 12.7 Å². The third kappa shape index (κ3) is 3.03. The number of rotatable bonds is 5. The molecule has 1 aliphatic rings. The van der Waals surface area contributed by atoms with Gasteiger partial charge in [0.2, 0.25) is 13.1 Å². The molecule has 0 amide bonds. The lowest BCUT2D eigenvalue weighted by Crippen LogP contribution is -2.32. The quantitative estimate of drug-likeness (QED) is 0.808. The number of halogens is 3. The highest BCUT2D eigenvalue weighted by atomic mass is 19.3. The third-order valence-corrected chi connectivity index (χ3v) is 2.41. The van der Waals surface area contributed by atoms with Crippen molar-refractivity contribution in [2.24, 2.45) is 0 Å². The second kappa shape index (κ2) is 5.27. The van der Waals surface area contributed by atoms with Crippen LogP contribution >= 0.6 is 0 Å². The molecular formula is C11H12F3NO2. The number of fused-ring (bicyclic) bond motifs is 1. The molecule has 1 atom stereocenters. The van der Waals surface area contributed by atoms with Gasteiger partial charge in [0.15, 0.2) is 11.5 Å². The summed E-state index contributed by atoms with van der Waals surface area (Å²) in [6, 6.07) is 5.31. The lowest BCUT2D eigenvalue weighted by Gasteiger charge is -2.09. The van der Waals surface area contributed by atoms with Gasteiger partial charge in [0.05, 0.1) is 0 Å². The van der Waals surface area contributed by atoms with Crippen molar-refractivity contribution in [1.29, 1.82) is 0 Å². The van der Waals surface area contributed by atoms with Crippen molar-refractivity contribution in [3.63, 3.8) is 0 Å². The van der Waals surface area contributed by atoms with Crippen LogP contribution in [0, 0.1) is 0 Å². The van der Waals surface area contributed by atoms with E-state index in [1.807, 2.05) is 0 Å². The van der Waals surface area contributed by atoms with E-state index in [9.17, 15) is 13.2 Å². The molecule has 1 aliphatic heterocycles. The van der Waals surface area contributed by atoms with Crippen LogP contribution in [0.1, 0.15) is 5.56 Å². The minimum Gasteiger partial charge on any atom is -0.454 e. The van der Waals surface area contributed by atoms with Crippen LogP contribution in [-0.2, 0) is 6.42 Å². The summed E-state index contributed by atoms with van der Waals surface area (Å²) in [5, 5.41) is 2.11. The Bertz CT molecular complexity index is 387. The Kier molecular flexibility index (Phi) is 3.73. The number of hydrogen-bond donors (Lipinski definition) is 1. The standard InChI is InChI=1S/C11H12F3NO2/c12-10(13)11(14)15-4-3-7-1-2-8-9(5-7)17-6-16-8/h1-2,5,10-11,15H,3-4,6H2. The Morgan fingerprint density at radius 3 is 2.71 bits per heavy atom. The molecule has 0 radical (unpaired) electrons. The molecule has 1 aromatic carbocycles. The molecule has 0 aromatic heterocycles. The van der Waals surface area contributed by atoms with E-state index in [2.05, 4.69) is 5.32 Å². The second-order valence-corrected chi connectivity index (χ2v) is 3.63. The van der Waals surface area contributed by atoms with Gasteiger partial charge in [-0.05, 0) is 24.1 Å². The van der Waals surface area contributed by atoms with Gasteiger partial charge in [-0.3, -0.25) is 5.32 Å². The normalized spacial score (nSPS) is 15.3. The molecule has 0 saturated carbocycles. The predicted octanol–water partition coefficient (Wildman–Crippen LogP) is 2.11. The van der Waals surface area contributed by atoms with Gasteiger partial charge in [0, 0.05) is 6.54 Å². The molecule has 0 bridgehead atoms. The molecule has 1 heterocycles. The van der Waals surface area contributed by atoms with Crippen LogP contribution in [0.15, 0.2) is 18.2 Å². The smallest absolute Gasteiger partial charge is 0.282 e. The molecule has 0 saturated heterocycles. The summed E-state index contributed by atoms with van der Waals surface area (Å²) in [5.41, 5.74) is 0.878. The number of alkyl halides is 3.